The number of hydrogen-bond acceptors (Lipinski definition) is 3. The van der Waals surface area contributed by atoms with Gasteiger partial charge in [0.15, 0.2) is 6.29 Å². The summed E-state index contributed by atoms with van der Waals surface area (Å²) in [5, 5.41) is 9.42. The minimum atomic E-state index is -0.677. The van der Waals surface area contributed by atoms with Crippen LogP contribution in [-0.4, -0.2) is 11.4 Å². The average molecular weight is 256 g/mol. The van der Waals surface area contributed by atoms with Crippen LogP contribution in [0, 0.1) is 0 Å². The Labute approximate surface area is 112 Å². The zero-order chi connectivity index (χ0) is 13.1. The second-order valence-electron chi connectivity index (χ2n) is 4.65. The highest BCUT2D eigenvalue weighted by molar-refractivity contribution is 5.41. The SMILES string of the molecule is OC1CCc2cc(OCc3ccccc3)ccc2O1. The summed E-state index contributed by atoms with van der Waals surface area (Å²) in [6.45, 7) is 0.559. The number of aliphatic hydroxyl groups is 1. The molecule has 0 amide bonds. The summed E-state index contributed by atoms with van der Waals surface area (Å²) in [6.07, 6.45) is 0.775. The standard InChI is InChI=1S/C16H16O3/c17-16-9-6-13-10-14(7-8-15(13)19-16)18-11-12-4-2-1-3-5-12/h1-5,7-8,10,16-17H,6,9,11H2. The summed E-state index contributed by atoms with van der Waals surface area (Å²) < 4.78 is 11.1. The quantitative estimate of drug-likeness (QED) is 0.917. The van der Waals surface area contributed by atoms with Crippen LogP contribution in [0.3, 0.4) is 0 Å². The first-order chi connectivity index (χ1) is 9.31. The van der Waals surface area contributed by atoms with Gasteiger partial charge in [-0.1, -0.05) is 30.3 Å². The number of fused-ring (bicyclic) bond motifs is 1. The molecule has 1 heterocycles. The fourth-order valence-electron chi connectivity index (χ4n) is 2.18. The predicted molar refractivity (Wildman–Crippen MR) is 72.2 cm³/mol. The lowest BCUT2D eigenvalue weighted by molar-refractivity contribution is -0.0317. The zero-order valence-electron chi connectivity index (χ0n) is 10.6. The molecule has 1 aliphatic rings. The van der Waals surface area contributed by atoms with Crippen molar-refractivity contribution in [2.45, 2.75) is 25.7 Å². The van der Waals surface area contributed by atoms with Gasteiger partial charge in [-0.3, -0.25) is 0 Å². The zero-order valence-corrected chi connectivity index (χ0v) is 10.6. The van der Waals surface area contributed by atoms with E-state index in [0.29, 0.717) is 13.0 Å². The Hall–Kier alpha value is -2.00. The van der Waals surface area contributed by atoms with Crippen LogP contribution in [0.5, 0.6) is 11.5 Å². The van der Waals surface area contributed by atoms with Crippen molar-refractivity contribution in [3.05, 3.63) is 59.7 Å². The first-order valence-corrected chi connectivity index (χ1v) is 6.45. The van der Waals surface area contributed by atoms with Gasteiger partial charge in [-0.25, -0.2) is 0 Å². The van der Waals surface area contributed by atoms with Gasteiger partial charge < -0.3 is 14.6 Å². The number of hydrogen-bond donors (Lipinski definition) is 1. The Bertz CT molecular complexity index is 551. The predicted octanol–water partition coefficient (Wildman–Crippen LogP) is 2.91. The highest BCUT2D eigenvalue weighted by Crippen LogP contribution is 2.30. The maximum absolute atomic E-state index is 9.42. The monoisotopic (exact) mass is 256 g/mol. The second kappa shape index (κ2) is 5.33. The molecule has 0 saturated heterocycles. The number of aliphatic hydroxyl groups excluding tert-OH is 1. The van der Waals surface area contributed by atoms with Crippen LogP contribution < -0.4 is 9.47 Å². The maximum atomic E-state index is 9.42. The number of aryl methyl sites for hydroxylation is 1. The first kappa shape index (κ1) is 12.1. The molecule has 0 aromatic heterocycles. The minimum Gasteiger partial charge on any atom is -0.489 e. The molecule has 19 heavy (non-hydrogen) atoms. The van der Waals surface area contributed by atoms with Crippen molar-refractivity contribution >= 4 is 0 Å². The van der Waals surface area contributed by atoms with E-state index in [-0.39, 0.29) is 0 Å². The summed E-state index contributed by atoms with van der Waals surface area (Å²) in [5.74, 6) is 1.59. The summed E-state index contributed by atoms with van der Waals surface area (Å²) in [5.41, 5.74) is 2.24. The van der Waals surface area contributed by atoms with E-state index in [1.807, 2.05) is 48.5 Å². The van der Waals surface area contributed by atoms with E-state index in [0.717, 1.165) is 29.0 Å². The summed E-state index contributed by atoms with van der Waals surface area (Å²) in [4.78, 5) is 0. The lowest BCUT2D eigenvalue weighted by Gasteiger charge is -2.22. The Morgan fingerprint density at radius 3 is 2.84 bits per heavy atom. The van der Waals surface area contributed by atoms with Crippen molar-refractivity contribution in [1.29, 1.82) is 0 Å². The lowest BCUT2D eigenvalue weighted by Crippen LogP contribution is -2.21. The third-order valence-electron chi connectivity index (χ3n) is 3.20. The topological polar surface area (TPSA) is 38.7 Å². The number of rotatable bonds is 3. The minimum absolute atomic E-state index is 0.559. The third kappa shape index (κ3) is 2.88. The summed E-state index contributed by atoms with van der Waals surface area (Å²) in [6, 6.07) is 15.8. The van der Waals surface area contributed by atoms with Gasteiger partial charge in [0.05, 0.1) is 0 Å². The molecule has 3 heteroatoms. The Kier molecular flexibility index (Phi) is 3.38. The van der Waals surface area contributed by atoms with Crippen molar-refractivity contribution in [3.8, 4) is 11.5 Å². The Morgan fingerprint density at radius 1 is 1.16 bits per heavy atom. The molecule has 0 fully saturated rings. The maximum Gasteiger partial charge on any atom is 0.197 e. The first-order valence-electron chi connectivity index (χ1n) is 6.45. The number of ether oxygens (including phenoxy) is 2. The van der Waals surface area contributed by atoms with E-state index in [2.05, 4.69) is 0 Å². The molecular weight excluding hydrogens is 240 g/mol. The Morgan fingerprint density at radius 2 is 2.00 bits per heavy atom. The van der Waals surface area contributed by atoms with Gasteiger partial charge in [-0.05, 0) is 35.7 Å². The van der Waals surface area contributed by atoms with Gasteiger partial charge in [0.1, 0.15) is 18.1 Å². The van der Waals surface area contributed by atoms with E-state index >= 15 is 0 Å². The fraction of sp³-hybridized carbons (Fsp3) is 0.250. The van der Waals surface area contributed by atoms with E-state index < -0.39 is 6.29 Å². The molecule has 1 unspecified atom stereocenters. The van der Waals surface area contributed by atoms with Crippen molar-refractivity contribution in [1.82, 2.24) is 0 Å². The molecule has 0 saturated carbocycles. The van der Waals surface area contributed by atoms with Crippen molar-refractivity contribution in [2.24, 2.45) is 0 Å². The molecule has 0 aliphatic carbocycles. The second-order valence-corrected chi connectivity index (χ2v) is 4.65. The third-order valence-corrected chi connectivity index (χ3v) is 3.20. The molecule has 3 nitrogen and oxygen atoms in total. The summed E-state index contributed by atoms with van der Waals surface area (Å²) in [7, 11) is 0. The lowest BCUT2D eigenvalue weighted by atomic mass is 10.1. The highest BCUT2D eigenvalue weighted by atomic mass is 16.6. The molecule has 2 aromatic rings. The molecule has 0 spiro atoms. The van der Waals surface area contributed by atoms with Gasteiger partial charge in [0.25, 0.3) is 0 Å². The largest absolute Gasteiger partial charge is 0.489 e. The fourth-order valence-corrected chi connectivity index (χ4v) is 2.18. The van der Waals surface area contributed by atoms with E-state index in [4.69, 9.17) is 9.47 Å². The van der Waals surface area contributed by atoms with Crippen LogP contribution in [0.2, 0.25) is 0 Å². The van der Waals surface area contributed by atoms with Gasteiger partial charge in [0, 0.05) is 6.42 Å². The molecule has 0 bridgehead atoms. The molecule has 2 aromatic carbocycles. The van der Waals surface area contributed by atoms with E-state index in [9.17, 15) is 5.11 Å². The molecule has 1 N–H and O–H groups in total. The van der Waals surface area contributed by atoms with Gasteiger partial charge >= 0.3 is 0 Å². The molecule has 98 valence electrons. The van der Waals surface area contributed by atoms with Crippen LogP contribution in [-0.2, 0) is 13.0 Å². The van der Waals surface area contributed by atoms with Crippen molar-refractivity contribution in [3.63, 3.8) is 0 Å². The van der Waals surface area contributed by atoms with Crippen LogP contribution in [0.4, 0.5) is 0 Å². The van der Waals surface area contributed by atoms with Gasteiger partial charge in [0.2, 0.25) is 0 Å². The van der Waals surface area contributed by atoms with Crippen LogP contribution >= 0.6 is 0 Å². The van der Waals surface area contributed by atoms with E-state index in [1.165, 1.54) is 0 Å². The van der Waals surface area contributed by atoms with Gasteiger partial charge in [-0.15, -0.1) is 0 Å². The van der Waals surface area contributed by atoms with Crippen molar-refractivity contribution < 1.29 is 14.6 Å². The van der Waals surface area contributed by atoms with Crippen LogP contribution in [0.25, 0.3) is 0 Å². The van der Waals surface area contributed by atoms with Gasteiger partial charge in [-0.2, -0.15) is 0 Å². The van der Waals surface area contributed by atoms with Crippen molar-refractivity contribution in [2.75, 3.05) is 0 Å². The van der Waals surface area contributed by atoms with Crippen LogP contribution in [0.1, 0.15) is 17.5 Å². The van der Waals surface area contributed by atoms with E-state index in [1.54, 1.807) is 0 Å². The number of benzene rings is 2. The normalized spacial score (nSPS) is 17.4. The van der Waals surface area contributed by atoms with Crippen LogP contribution in [0.15, 0.2) is 48.5 Å². The molecule has 0 radical (unpaired) electrons. The molecular formula is C16H16O3. The molecule has 1 aliphatic heterocycles. The molecule has 1 atom stereocenters. The smallest absolute Gasteiger partial charge is 0.197 e. The average Bonchev–Trinajstić information content (AvgIpc) is 2.46. The Balaban J connectivity index is 1.69. The summed E-state index contributed by atoms with van der Waals surface area (Å²) >= 11 is 0. The molecule has 3 rings (SSSR count). The highest BCUT2D eigenvalue weighted by Gasteiger charge is 2.17.